The van der Waals surface area contributed by atoms with Crippen LogP contribution >= 0.6 is 11.6 Å². The highest BCUT2D eigenvalue weighted by atomic mass is 35.5. The standard InChI is InChI=1S/C8H6ClNO5/c9-6-2-1-4(10(14)15)3-5(6)7(11)8(12)13/h1-3,7,11H,(H,12,13)/t7-/m1/s1. The number of benzene rings is 1. The van der Waals surface area contributed by atoms with Crippen LogP contribution in [-0.2, 0) is 4.79 Å². The molecule has 0 amide bonds. The Morgan fingerprint density at radius 2 is 2.13 bits per heavy atom. The summed E-state index contributed by atoms with van der Waals surface area (Å²) in [6.45, 7) is 0. The van der Waals surface area contributed by atoms with Gasteiger partial charge in [-0.1, -0.05) is 11.6 Å². The molecule has 0 aliphatic rings. The van der Waals surface area contributed by atoms with Gasteiger partial charge in [0.1, 0.15) is 0 Å². The van der Waals surface area contributed by atoms with Crippen LogP contribution in [0.2, 0.25) is 5.02 Å². The number of hydrogen-bond donors (Lipinski definition) is 2. The summed E-state index contributed by atoms with van der Waals surface area (Å²) in [6.07, 6.45) is -1.86. The second-order valence-electron chi connectivity index (χ2n) is 2.70. The number of hydrogen-bond acceptors (Lipinski definition) is 4. The zero-order valence-electron chi connectivity index (χ0n) is 7.25. The molecular formula is C8H6ClNO5. The third-order valence-corrected chi connectivity index (χ3v) is 2.06. The van der Waals surface area contributed by atoms with Gasteiger partial charge in [-0.2, -0.15) is 0 Å². The van der Waals surface area contributed by atoms with Crippen molar-refractivity contribution in [2.24, 2.45) is 0 Å². The van der Waals surface area contributed by atoms with E-state index in [1.54, 1.807) is 0 Å². The Labute approximate surface area is 88.9 Å². The quantitative estimate of drug-likeness (QED) is 0.604. The topological polar surface area (TPSA) is 101 Å². The van der Waals surface area contributed by atoms with Gasteiger partial charge in [0.25, 0.3) is 5.69 Å². The van der Waals surface area contributed by atoms with Crippen LogP contribution < -0.4 is 0 Å². The van der Waals surface area contributed by atoms with Gasteiger partial charge in [-0.15, -0.1) is 0 Å². The lowest BCUT2D eigenvalue weighted by Gasteiger charge is -2.07. The summed E-state index contributed by atoms with van der Waals surface area (Å²) >= 11 is 5.59. The lowest BCUT2D eigenvalue weighted by molar-refractivity contribution is -0.385. The van der Waals surface area contributed by atoms with Gasteiger partial charge in [-0.3, -0.25) is 10.1 Å². The van der Waals surface area contributed by atoms with Gasteiger partial charge in [-0.05, 0) is 6.07 Å². The molecule has 0 bridgehead atoms. The Balaban J connectivity index is 3.22. The van der Waals surface area contributed by atoms with E-state index in [-0.39, 0.29) is 16.3 Å². The summed E-state index contributed by atoms with van der Waals surface area (Å²) in [5.41, 5.74) is -0.520. The minimum atomic E-state index is -1.86. The molecule has 0 unspecified atom stereocenters. The van der Waals surface area contributed by atoms with Crippen LogP contribution in [0.1, 0.15) is 11.7 Å². The lowest BCUT2D eigenvalue weighted by Crippen LogP contribution is -2.11. The number of nitro benzene ring substituents is 1. The van der Waals surface area contributed by atoms with E-state index in [1.165, 1.54) is 6.07 Å². The molecule has 0 heterocycles. The van der Waals surface area contributed by atoms with Crippen LogP contribution in [0, 0.1) is 10.1 Å². The third-order valence-electron chi connectivity index (χ3n) is 1.72. The van der Waals surface area contributed by atoms with Crippen LogP contribution in [-0.4, -0.2) is 21.1 Å². The first kappa shape index (κ1) is 11.4. The average Bonchev–Trinajstić information content (AvgIpc) is 2.16. The average molecular weight is 232 g/mol. The molecular weight excluding hydrogens is 226 g/mol. The maximum absolute atomic E-state index is 10.5. The Bertz CT molecular complexity index is 419. The molecule has 1 atom stereocenters. The van der Waals surface area contributed by atoms with Crippen molar-refractivity contribution in [2.45, 2.75) is 6.10 Å². The molecule has 0 aliphatic heterocycles. The number of aliphatic carboxylic acids is 1. The lowest BCUT2D eigenvalue weighted by atomic mass is 10.1. The molecule has 6 nitrogen and oxygen atoms in total. The molecule has 1 aromatic rings. The van der Waals surface area contributed by atoms with Crippen molar-refractivity contribution in [3.63, 3.8) is 0 Å². The van der Waals surface area contributed by atoms with Crippen molar-refractivity contribution < 1.29 is 19.9 Å². The summed E-state index contributed by atoms with van der Waals surface area (Å²) in [6, 6.07) is 3.22. The van der Waals surface area contributed by atoms with Crippen molar-refractivity contribution >= 4 is 23.3 Å². The fourth-order valence-electron chi connectivity index (χ4n) is 0.987. The minimum Gasteiger partial charge on any atom is -0.479 e. The van der Waals surface area contributed by atoms with Crippen molar-refractivity contribution in [1.82, 2.24) is 0 Å². The van der Waals surface area contributed by atoms with Crippen molar-refractivity contribution in [3.8, 4) is 0 Å². The van der Waals surface area contributed by atoms with Crippen molar-refractivity contribution in [2.75, 3.05) is 0 Å². The molecule has 0 aromatic heterocycles. The number of rotatable bonds is 3. The van der Waals surface area contributed by atoms with Gasteiger partial charge in [0.15, 0.2) is 6.10 Å². The van der Waals surface area contributed by atoms with Gasteiger partial charge in [0, 0.05) is 22.7 Å². The maximum Gasteiger partial charge on any atom is 0.337 e. The predicted molar refractivity (Wildman–Crippen MR) is 50.7 cm³/mol. The molecule has 7 heteroatoms. The van der Waals surface area contributed by atoms with Gasteiger partial charge in [-0.25, -0.2) is 4.79 Å². The van der Waals surface area contributed by atoms with Crippen LogP contribution in [0.3, 0.4) is 0 Å². The summed E-state index contributed by atoms with van der Waals surface area (Å²) in [7, 11) is 0. The molecule has 15 heavy (non-hydrogen) atoms. The molecule has 0 spiro atoms. The highest BCUT2D eigenvalue weighted by Crippen LogP contribution is 2.27. The largest absolute Gasteiger partial charge is 0.479 e. The minimum absolute atomic E-state index is 0.0319. The Morgan fingerprint density at radius 3 is 2.60 bits per heavy atom. The number of aliphatic hydroxyl groups is 1. The first-order valence-electron chi connectivity index (χ1n) is 3.78. The zero-order chi connectivity index (χ0) is 11.6. The highest BCUT2D eigenvalue weighted by molar-refractivity contribution is 6.31. The summed E-state index contributed by atoms with van der Waals surface area (Å²) < 4.78 is 0. The molecule has 1 rings (SSSR count). The molecule has 0 aliphatic carbocycles. The number of halogens is 1. The molecule has 0 saturated heterocycles. The number of carboxylic acids is 1. The Hall–Kier alpha value is -1.66. The molecule has 0 fully saturated rings. The van der Waals surface area contributed by atoms with Gasteiger partial charge in [0.2, 0.25) is 0 Å². The summed E-state index contributed by atoms with van der Waals surface area (Å²) in [4.78, 5) is 20.1. The van der Waals surface area contributed by atoms with E-state index in [2.05, 4.69) is 0 Å². The van der Waals surface area contributed by atoms with Crippen LogP contribution in [0.15, 0.2) is 18.2 Å². The van der Waals surface area contributed by atoms with E-state index < -0.39 is 17.0 Å². The molecule has 0 saturated carbocycles. The van der Waals surface area contributed by atoms with Crippen LogP contribution in [0.4, 0.5) is 5.69 Å². The number of aliphatic hydroxyl groups excluding tert-OH is 1. The number of carboxylic acid groups (broad SMARTS) is 1. The van der Waals surface area contributed by atoms with Crippen LogP contribution in [0.5, 0.6) is 0 Å². The maximum atomic E-state index is 10.5. The molecule has 2 N–H and O–H groups in total. The number of non-ortho nitro benzene ring substituents is 1. The summed E-state index contributed by atoms with van der Waals surface area (Å²) in [5.74, 6) is -1.52. The SMILES string of the molecule is O=C(O)[C@H](O)c1cc([N+](=O)[O-])ccc1Cl. The van der Waals surface area contributed by atoms with Gasteiger partial charge in [0.05, 0.1) is 4.92 Å². The smallest absolute Gasteiger partial charge is 0.337 e. The molecule has 0 radical (unpaired) electrons. The Morgan fingerprint density at radius 1 is 1.53 bits per heavy atom. The van der Waals surface area contributed by atoms with Gasteiger partial charge >= 0.3 is 5.97 Å². The third kappa shape index (κ3) is 2.42. The number of nitrogens with zero attached hydrogens (tertiary/aromatic N) is 1. The van der Waals surface area contributed by atoms with E-state index >= 15 is 0 Å². The number of carbonyl (C=O) groups is 1. The van der Waals surface area contributed by atoms with E-state index in [0.717, 1.165) is 12.1 Å². The molecule has 80 valence electrons. The van der Waals surface area contributed by atoms with Crippen molar-refractivity contribution in [1.29, 1.82) is 0 Å². The normalized spacial score (nSPS) is 12.1. The van der Waals surface area contributed by atoms with Gasteiger partial charge < -0.3 is 10.2 Å². The first-order valence-corrected chi connectivity index (χ1v) is 4.16. The van der Waals surface area contributed by atoms with Crippen molar-refractivity contribution in [3.05, 3.63) is 38.9 Å². The monoisotopic (exact) mass is 231 g/mol. The van der Waals surface area contributed by atoms with E-state index in [4.69, 9.17) is 16.7 Å². The highest BCUT2D eigenvalue weighted by Gasteiger charge is 2.21. The first-order chi connectivity index (χ1) is 6.93. The second-order valence-corrected chi connectivity index (χ2v) is 3.11. The Kier molecular flexibility index (Phi) is 3.23. The second kappa shape index (κ2) is 4.24. The molecule has 1 aromatic carbocycles. The van der Waals surface area contributed by atoms with E-state index in [1.807, 2.05) is 0 Å². The fourth-order valence-corrected chi connectivity index (χ4v) is 1.21. The predicted octanol–water partition coefficient (Wildman–Crippen LogP) is 1.37. The number of nitro groups is 1. The zero-order valence-corrected chi connectivity index (χ0v) is 8.01. The fraction of sp³-hybridized carbons (Fsp3) is 0.125. The summed E-state index contributed by atoms with van der Waals surface area (Å²) in [5, 5.41) is 28.0. The van der Waals surface area contributed by atoms with E-state index in [0.29, 0.717) is 0 Å². The van der Waals surface area contributed by atoms with E-state index in [9.17, 15) is 20.0 Å². The van der Waals surface area contributed by atoms with Crippen LogP contribution in [0.25, 0.3) is 0 Å².